The summed E-state index contributed by atoms with van der Waals surface area (Å²) in [6.45, 7) is 0.699. The zero-order chi connectivity index (χ0) is 22.4. The lowest BCUT2D eigenvalue weighted by atomic mass is 10.2. The number of imide groups is 1. The van der Waals surface area contributed by atoms with E-state index in [1.165, 1.54) is 36.4 Å². The lowest BCUT2D eigenvalue weighted by Crippen LogP contribution is -2.40. The number of amides is 3. The highest BCUT2D eigenvalue weighted by atomic mass is 32.2. The van der Waals surface area contributed by atoms with Gasteiger partial charge in [0.25, 0.3) is 11.1 Å². The molecule has 1 aliphatic rings. The molecule has 162 valence electrons. The Bertz CT molecular complexity index is 1010. The molecule has 3 rings (SSSR count). The minimum Gasteiger partial charge on any atom is -0.353 e. The van der Waals surface area contributed by atoms with Gasteiger partial charge in [-0.1, -0.05) is 30.3 Å². The molecule has 2 aromatic carbocycles. The number of likely N-dealkylation sites (N-methyl/N-ethyl adjacent to an activating group) is 1. The maximum atomic E-state index is 13.8. The second kappa shape index (κ2) is 10.3. The van der Waals surface area contributed by atoms with E-state index in [0.717, 1.165) is 22.2 Å². The quantitative estimate of drug-likeness (QED) is 0.632. The van der Waals surface area contributed by atoms with Crippen LogP contribution < -0.4 is 5.32 Å². The van der Waals surface area contributed by atoms with Crippen LogP contribution in [0.4, 0.5) is 13.6 Å². The standard InChI is InChI=1S/C22H21F2N3O3S/c1-26(13-15-6-8-17(23)9-7-15)14-20(28)25-10-11-27-21(29)19(31-22(27)30)12-16-4-2-3-5-18(16)24/h2-9,12H,10-11,13-14H2,1H3,(H,25,28). The number of hydrogen-bond acceptors (Lipinski definition) is 5. The fourth-order valence-corrected chi connectivity index (χ4v) is 3.85. The van der Waals surface area contributed by atoms with Crippen LogP contribution in [-0.2, 0) is 16.1 Å². The van der Waals surface area contributed by atoms with Crippen LogP contribution in [0.5, 0.6) is 0 Å². The molecule has 0 spiro atoms. The number of carbonyl (C=O) groups is 3. The zero-order valence-electron chi connectivity index (χ0n) is 16.8. The molecule has 0 unspecified atom stereocenters. The Kier molecular flexibility index (Phi) is 7.54. The first-order valence-electron chi connectivity index (χ1n) is 9.53. The van der Waals surface area contributed by atoms with Crippen LogP contribution in [0, 0.1) is 11.6 Å². The number of hydrogen-bond donors (Lipinski definition) is 1. The summed E-state index contributed by atoms with van der Waals surface area (Å²) in [4.78, 5) is 39.6. The molecule has 0 aromatic heterocycles. The normalized spacial score (nSPS) is 15.2. The van der Waals surface area contributed by atoms with Crippen molar-refractivity contribution in [3.8, 4) is 0 Å². The first-order chi connectivity index (χ1) is 14.8. The Labute approximate surface area is 182 Å². The summed E-state index contributed by atoms with van der Waals surface area (Å²) >= 11 is 0.741. The predicted octanol–water partition coefficient (Wildman–Crippen LogP) is 3.25. The molecule has 2 aromatic rings. The molecule has 0 atom stereocenters. The molecule has 1 N–H and O–H groups in total. The molecule has 0 aliphatic carbocycles. The molecule has 6 nitrogen and oxygen atoms in total. The van der Waals surface area contributed by atoms with E-state index < -0.39 is 17.0 Å². The fourth-order valence-electron chi connectivity index (χ4n) is 2.99. The van der Waals surface area contributed by atoms with E-state index in [4.69, 9.17) is 0 Å². The predicted molar refractivity (Wildman–Crippen MR) is 115 cm³/mol. The summed E-state index contributed by atoms with van der Waals surface area (Å²) in [5.41, 5.74) is 1.10. The van der Waals surface area contributed by atoms with E-state index in [-0.39, 0.29) is 41.8 Å². The SMILES string of the molecule is CN(CC(=O)NCCN1C(=O)SC(=Cc2ccccc2F)C1=O)Cc1ccc(F)cc1. The summed E-state index contributed by atoms with van der Waals surface area (Å²) in [7, 11) is 1.76. The number of benzene rings is 2. The van der Waals surface area contributed by atoms with Crippen molar-refractivity contribution in [3.05, 3.63) is 76.2 Å². The summed E-state index contributed by atoms with van der Waals surface area (Å²) in [6, 6.07) is 12.0. The number of nitrogens with one attached hydrogen (secondary N) is 1. The van der Waals surface area contributed by atoms with E-state index >= 15 is 0 Å². The first-order valence-corrected chi connectivity index (χ1v) is 10.3. The molecule has 3 amide bonds. The largest absolute Gasteiger partial charge is 0.353 e. The number of thioether (sulfide) groups is 1. The maximum Gasteiger partial charge on any atom is 0.293 e. The van der Waals surface area contributed by atoms with Crippen LogP contribution in [0.15, 0.2) is 53.4 Å². The highest BCUT2D eigenvalue weighted by molar-refractivity contribution is 8.18. The van der Waals surface area contributed by atoms with Crippen LogP contribution in [0.3, 0.4) is 0 Å². The van der Waals surface area contributed by atoms with Crippen molar-refractivity contribution in [1.82, 2.24) is 15.1 Å². The Morgan fingerprint density at radius 2 is 1.84 bits per heavy atom. The van der Waals surface area contributed by atoms with E-state index in [0.29, 0.717) is 6.54 Å². The van der Waals surface area contributed by atoms with Crippen molar-refractivity contribution in [1.29, 1.82) is 0 Å². The van der Waals surface area contributed by atoms with Crippen molar-refractivity contribution in [3.63, 3.8) is 0 Å². The first kappa shape index (κ1) is 22.6. The van der Waals surface area contributed by atoms with Crippen LogP contribution in [0.25, 0.3) is 6.08 Å². The van der Waals surface area contributed by atoms with Crippen molar-refractivity contribution < 1.29 is 23.2 Å². The summed E-state index contributed by atoms with van der Waals surface area (Å²) < 4.78 is 26.7. The topological polar surface area (TPSA) is 69.7 Å². The summed E-state index contributed by atoms with van der Waals surface area (Å²) in [5.74, 6) is -1.58. The van der Waals surface area contributed by atoms with Crippen molar-refractivity contribution in [2.24, 2.45) is 0 Å². The molecular formula is C22H21F2N3O3S. The Morgan fingerprint density at radius 3 is 2.55 bits per heavy atom. The molecule has 1 saturated heterocycles. The second-order valence-electron chi connectivity index (χ2n) is 7.00. The monoisotopic (exact) mass is 445 g/mol. The molecule has 31 heavy (non-hydrogen) atoms. The van der Waals surface area contributed by atoms with Gasteiger partial charge in [-0.3, -0.25) is 24.2 Å². The number of nitrogens with zero attached hydrogens (tertiary/aromatic N) is 2. The lowest BCUT2D eigenvalue weighted by Gasteiger charge is -2.17. The Morgan fingerprint density at radius 1 is 1.13 bits per heavy atom. The highest BCUT2D eigenvalue weighted by Gasteiger charge is 2.34. The van der Waals surface area contributed by atoms with Crippen molar-refractivity contribution in [2.45, 2.75) is 6.54 Å². The van der Waals surface area contributed by atoms with Gasteiger partial charge in [0, 0.05) is 25.2 Å². The highest BCUT2D eigenvalue weighted by Crippen LogP contribution is 2.32. The Balaban J connectivity index is 1.47. The van der Waals surface area contributed by atoms with Crippen LogP contribution >= 0.6 is 11.8 Å². The van der Waals surface area contributed by atoms with Gasteiger partial charge in [0.2, 0.25) is 5.91 Å². The average Bonchev–Trinajstić information content (AvgIpc) is 2.98. The van der Waals surface area contributed by atoms with E-state index in [1.54, 1.807) is 30.1 Å². The molecule has 1 heterocycles. The van der Waals surface area contributed by atoms with Gasteiger partial charge in [-0.25, -0.2) is 8.78 Å². The third-order valence-corrected chi connectivity index (χ3v) is 5.41. The summed E-state index contributed by atoms with van der Waals surface area (Å²) in [6.07, 6.45) is 1.35. The van der Waals surface area contributed by atoms with Crippen LogP contribution in [0.2, 0.25) is 0 Å². The molecule has 1 fully saturated rings. The molecule has 9 heteroatoms. The zero-order valence-corrected chi connectivity index (χ0v) is 17.6. The number of carbonyl (C=O) groups excluding carboxylic acids is 3. The van der Waals surface area contributed by atoms with Crippen LogP contribution in [0.1, 0.15) is 11.1 Å². The third-order valence-electron chi connectivity index (χ3n) is 4.50. The molecule has 0 bridgehead atoms. The third kappa shape index (κ3) is 6.22. The average molecular weight is 445 g/mol. The molecular weight excluding hydrogens is 424 g/mol. The van der Waals surface area contributed by atoms with E-state index in [9.17, 15) is 23.2 Å². The van der Waals surface area contributed by atoms with Crippen molar-refractivity contribution >= 4 is 34.9 Å². The minimum absolute atomic E-state index is 0.0205. The molecule has 0 radical (unpaired) electrons. The molecule has 1 aliphatic heterocycles. The maximum absolute atomic E-state index is 13.8. The number of rotatable bonds is 8. The van der Waals surface area contributed by atoms with Gasteiger partial charge < -0.3 is 5.32 Å². The van der Waals surface area contributed by atoms with Gasteiger partial charge in [0.15, 0.2) is 0 Å². The summed E-state index contributed by atoms with van der Waals surface area (Å²) in [5, 5.41) is 2.21. The van der Waals surface area contributed by atoms with E-state index in [1.807, 2.05) is 0 Å². The van der Waals surface area contributed by atoms with E-state index in [2.05, 4.69) is 5.32 Å². The fraction of sp³-hybridized carbons (Fsp3) is 0.227. The van der Waals surface area contributed by atoms with Crippen LogP contribution in [-0.4, -0.2) is 53.5 Å². The number of halogens is 2. The Hall–Kier alpha value is -3.04. The van der Waals surface area contributed by atoms with Gasteiger partial charge in [-0.2, -0.15) is 0 Å². The van der Waals surface area contributed by atoms with Gasteiger partial charge in [-0.05, 0) is 48.6 Å². The minimum atomic E-state index is -0.513. The van der Waals surface area contributed by atoms with Gasteiger partial charge in [-0.15, -0.1) is 0 Å². The van der Waals surface area contributed by atoms with Gasteiger partial charge in [0.05, 0.1) is 11.4 Å². The van der Waals surface area contributed by atoms with Gasteiger partial charge >= 0.3 is 0 Å². The lowest BCUT2D eigenvalue weighted by molar-refractivity contribution is -0.124. The second-order valence-corrected chi connectivity index (χ2v) is 8.00. The van der Waals surface area contributed by atoms with Crippen molar-refractivity contribution in [2.75, 3.05) is 26.7 Å². The van der Waals surface area contributed by atoms with Gasteiger partial charge in [0.1, 0.15) is 11.6 Å². The molecule has 0 saturated carbocycles. The smallest absolute Gasteiger partial charge is 0.293 e.